The molecule has 2 rings (SSSR count). The standard InChI is InChI=1S/C18H26OSi/c1-5-9-16-17(19)12-14(2)13-18(16)20(3,4)15-10-7-6-8-11-15/h6-11,14,18H,5,12-13H2,1-4H3/b16-9-/t14-,18+/m0/s1. The minimum Gasteiger partial charge on any atom is -0.295 e. The lowest BCUT2D eigenvalue weighted by molar-refractivity contribution is -0.117. The van der Waals surface area contributed by atoms with Gasteiger partial charge in [0, 0.05) is 6.42 Å². The summed E-state index contributed by atoms with van der Waals surface area (Å²) in [4.78, 5) is 12.4. The fourth-order valence-electron chi connectivity index (χ4n) is 3.47. The van der Waals surface area contributed by atoms with E-state index < -0.39 is 8.07 Å². The zero-order valence-corrected chi connectivity index (χ0v) is 14.1. The Labute approximate surface area is 124 Å². The molecule has 0 aliphatic heterocycles. The highest BCUT2D eigenvalue weighted by atomic mass is 28.3. The van der Waals surface area contributed by atoms with Gasteiger partial charge in [0.15, 0.2) is 5.78 Å². The molecule has 2 atom stereocenters. The molecule has 0 bridgehead atoms. The molecule has 1 nitrogen and oxygen atoms in total. The van der Waals surface area contributed by atoms with Crippen molar-refractivity contribution in [2.75, 3.05) is 0 Å². The first-order valence-corrected chi connectivity index (χ1v) is 10.8. The Bertz CT molecular complexity index is 501. The van der Waals surface area contributed by atoms with Crippen LogP contribution in [0.25, 0.3) is 0 Å². The topological polar surface area (TPSA) is 17.1 Å². The smallest absolute Gasteiger partial charge is 0.158 e. The maximum absolute atomic E-state index is 12.4. The van der Waals surface area contributed by atoms with E-state index in [1.54, 1.807) is 0 Å². The van der Waals surface area contributed by atoms with Crippen molar-refractivity contribution in [2.45, 2.75) is 51.7 Å². The van der Waals surface area contributed by atoms with Crippen molar-refractivity contribution in [1.82, 2.24) is 0 Å². The largest absolute Gasteiger partial charge is 0.295 e. The molecule has 1 aromatic rings. The van der Waals surface area contributed by atoms with Crippen molar-refractivity contribution in [3.05, 3.63) is 42.0 Å². The Morgan fingerprint density at radius 2 is 1.90 bits per heavy atom. The lowest BCUT2D eigenvalue weighted by atomic mass is 9.85. The quantitative estimate of drug-likeness (QED) is 0.598. The molecule has 1 saturated carbocycles. The minimum atomic E-state index is -1.65. The van der Waals surface area contributed by atoms with Crippen LogP contribution in [0.2, 0.25) is 18.6 Å². The van der Waals surface area contributed by atoms with Gasteiger partial charge in [-0.25, -0.2) is 0 Å². The van der Waals surface area contributed by atoms with Crippen LogP contribution in [0.4, 0.5) is 0 Å². The number of Topliss-reactive ketones (excluding diaryl/α,β-unsaturated/α-hetero) is 1. The first-order chi connectivity index (χ1) is 9.46. The van der Waals surface area contributed by atoms with Gasteiger partial charge < -0.3 is 0 Å². The third-order valence-electron chi connectivity index (χ3n) is 4.68. The van der Waals surface area contributed by atoms with Gasteiger partial charge in [-0.3, -0.25) is 4.79 Å². The Kier molecular flexibility index (Phi) is 4.64. The van der Waals surface area contributed by atoms with Gasteiger partial charge in [-0.15, -0.1) is 0 Å². The molecule has 1 fully saturated rings. The summed E-state index contributed by atoms with van der Waals surface area (Å²) in [5.41, 5.74) is 1.60. The molecule has 20 heavy (non-hydrogen) atoms. The molecule has 1 aliphatic carbocycles. The summed E-state index contributed by atoms with van der Waals surface area (Å²) in [7, 11) is -1.65. The van der Waals surface area contributed by atoms with E-state index in [0.29, 0.717) is 17.2 Å². The van der Waals surface area contributed by atoms with Crippen LogP contribution in [-0.2, 0) is 4.79 Å². The maximum Gasteiger partial charge on any atom is 0.158 e. The van der Waals surface area contributed by atoms with E-state index in [-0.39, 0.29) is 0 Å². The van der Waals surface area contributed by atoms with Crippen LogP contribution in [0.15, 0.2) is 42.0 Å². The summed E-state index contributed by atoms with van der Waals surface area (Å²) in [6, 6.07) is 10.8. The Morgan fingerprint density at radius 3 is 2.50 bits per heavy atom. The van der Waals surface area contributed by atoms with Crippen molar-refractivity contribution >= 4 is 19.0 Å². The summed E-state index contributed by atoms with van der Waals surface area (Å²) < 4.78 is 0. The zero-order valence-electron chi connectivity index (χ0n) is 13.1. The molecular formula is C18H26OSi. The number of hydrogen-bond acceptors (Lipinski definition) is 1. The normalized spacial score (nSPS) is 26.0. The first kappa shape index (κ1) is 15.2. The summed E-state index contributed by atoms with van der Waals surface area (Å²) in [6.07, 6.45) is 5.06. The fourth-order valence-corrected chi connectivity index (χ4v) is 6.97. The second-order valence-electron chi connectivity index (χ2n) is 6.68. The van der Waals surface area contributed by atoms with Crippen LogP contribution in [0.1, 0.15) is 33.1 Å². The van der Waals surface area contributed by atoms with E-state index in [9.17, 15) is 4.79 Å². The second-order valence-corrected chi connectivity index (χ2v) is 11.4. The van der Waals surface area contributed by atoms with E-state index in [4.69, 9.17) is 0 Å². The number of carbonyl (C=O) groups is 1. The van der Waals surface area contributed by atoms with Gasteiger partial charge in [0.05, 0.1) is 8.07 Å². The molecular weight excluding hydrogens is 260 g/mol. The first-order valence-electron chi connectivity index (χ1n) is 7.75. The average molecular weight is 286 g/mol. The summed E-state index contributed by atoms with van der Waals surface area (Å²) >= 11 is 0. The highest BCUT2D eigenvalue weighted by molar-refractivity contribution is 6.91. The van der Waals surface area contributed by atoms with Gasteiger partial charge in [0.1, 0.15) is 0 Å². The fraction of sp³-hybridized carbons (Fsp3) is 0.500. The van der Waals surface area contributed by atoms with Gasteiger partial charge in [0.25, 0.3) is 0 Å². The van der Waals surface area contributed by atoms with E-state index in [2.05, 4.69) is 63.3 Å². The Morgan fingerprint density at radius 1 is 1.25 bits per heavy atom. The average Bonchev–Trinajstić information content (AvgIpc) is 2.42. The molecule has 108 valence electrons. The van der Waals surface area contributed by atoms with Crippen molar-refractivity contribution in [3.8, 4) is 0 Å². The van der Waals surface area contributed by atoms with Gasteiger partial charge >= 0.3 is 0 Å². The molecule has 0 amide bonds. The molecule has 0 N–H and O–H groups in total. The molecule has 1 aliphatic rings. The summed E-state index contributed by atoms with van der Waals surface area (Å²) in [5, 5.41) is 1.47. The van der Waals surface area contributed by atoms with E-state index in [1.165, 1.54) is 11.6 Å². The van der Waals surface area contributed by atoms with Gasteiger partial charge in [-0.05, 0) is 29.9 Å². The summed E-state index contributed by atoms with van der Waals surface area (Å²) in [5.74, 6) is 0.920. The Balaban J connectivity index is 2.41. The molecule has 0 radical (unpaired) electrons. The Hall–Kier alpha value is -1.15. The van der Waals surface area contributed by atoms with E-state index in [1.807, 2.05) is 0 Å². The molecule has 1 aromatic carbocycles. The monoisotopic (exact) mass is 286 g/mol. The molecule has 0 saturated heterocycles. The minimum absolute atomic E-state index is 0.395. The number of rotatable bonds is 3. The zero-order chi connectivity index (χ0) is 14.8. The number of ketones is 1. The van der Waals surface area contributed by atoms with E-state index >= 15 is 0 Å². The molecule has 2 heteroatoms. The SMILES string of the molecule is CC/C=C1/C(=O)C[C@H](C)C[C@H]1[Si](C)(C)c1ccccc1. The lowest BCUT2D eigenvalue weighted by Gasteiger charge is -2.39. The third kappa shape index (κ3) is 2.95. The van der Waals surface area contributed by atoms with Gasteiger partial charge in [-0.1, -0.05) is 68.5 Å². The predicted molar refractivity (Wildman–Crippen MR) is 89.1 cm³/mol. The van der Waals surface area contributed by atoms with Crippen molar-refractivity contribution in [2.24, 2.45) is 5.92 Å². The second kappa shape index (κ2) is 6.09. The van der Waals surface area contributed by atoms with E-state index in [0.717, 1.165) is 18.4 Å². The molecule has 0 spiro atoms. The van der Waals surface area contributed by atoms with Crippen LogP contribution in [0.3, 0.4) is 0 Å². The number of allylic oxidation sites excluding steroid dienone is 2. The number of hydrogen-bond donors (Lipinski definition) is 0. The van der Waals surface area contributed by atoms with Crippen molar-refractivity contribution in [1.29, 1.82) is 0 Å². The van der Waals surface area contributed by atoms with Gasteiger partial charge in [-0.2, -0.15) is 0 Å². The number of carbonyl (C=O) groups excluding carboxylic acids is 1. The maximum atomic E-state index is 12.4. The highest BCUT2D eigenvalue weighted by Gasteiger charge is 2.41. The summed E-state index contributed by atoms with van der Waals surface area (Å²) in [6.45, 7) is 9.19. The van der Waals surface area contributed by atoms with Crippen LogP contribution in [0, 0.1) is 5.92 Å². The molecule has 0 unspecified atom stereocenters. The van der Waals surface area contributed by atoms with Crippen LogP contribution >= 0.6 is 0 Å². The highest BCUT2D eigenvalue weighted by Crippen LogP contribution is 2.42. The third-order valence-corrected chi connectivity index (χ3v) is 8.79. The van der Waals surface area contributed by atoms with Crippen molar-refractivity contribution < 1.29 is 4.79 Å². The molecule has 0 heterocycles. The number of benzene rings is 1. The molecule has 0 aromatic heterocycles. The van der Waals surface area contributed by atoms with Crippen molar-refractivity contribution in [3.63, 3.8) is 0 Å². The van der Waals surface area contributed by atoms with Crippen LogP contribution in [0.5, 0.6) is 0 Å². The van der Waals surface area contributed by atoms with Crippen LogP contribution < -0.4 is 5.19 Å². The van der Waals surface area contributed by atoms with Crippen LogP contribution in [-0.4, -0.2) is 13.9 Å². The van der Waals surface area contributed by atoms with Gasteiger partial charge in [0.2, 0.25) is 0 Å². The predicted octanol–water partition coefficient (Wildman–Crippen LogP) is 4.31. The lowest BCUT2D eigenvalue weighted by Crippen LogP contribution is -2.49.